The van der Waals surface area contributed by atoms with Crippen LogP contribution in [0, 0.1) is 5.82 Å². The summed E-state index contributed by atoms with van der Waals surface area (Å²) in [6, 6.07) is 4.09. The van der Waals surface area contributed by atoms with Crippen LogP contribution in [0.3, 0.4) is 0 Å². The van der Waals surface area contributed by atoms with E-state index in [2.05, 4.69) is 10.2 Å². The second kappa shape index (κ2) is 6.55. The van der Waals surface area contributed by atoms with E-state index in [4.69, 9.17) is 9.84 Å². The van der Waals surface area contributed by atoms with Gasteiger partial charge >= 0.3 is 5.97 Å². The number of rotatable bonds is 6. The number of halogens is 1. The highest BCUT2D eigenvalue weighted by atomic mass is 32.2. The predicted octanol–water partition coefficient (Wildman–Crippen LogP) is 1.08. The number of carboxylic acid groups (broad SMARTS) is 1. The van der Waals surface area contributed by atoms with Crippen molar-refractivity contribution in [1.29, 1.82) is 0 Å². The Balaban J connectivity index is 2.45. The molecule has 2 rings (SSSR count). The first kappa shape index (κ1) is 15.3. The molecule has 2 aromatic rings. The Hall–Kier alpha value is -2.13. The van der Waals surface area contributed by atoms with Gasteiger partial charge in [-0.1, -0.05) is 11.8 Å². The molecular formula is C12H12FN3O4S. The Kier molecular flexibility index (Phi) is 4.76. The standard InChI is InChI=1S/C12H12FN3O4S/c1-20-9-4-7(2-3-8(9)13)16-10(5-17)14-15-12(16)21-6-11(18)19/h2-4,17H,5-6H2,1H3,(H,18,19). The number of aliphatic hydroxyl groups is 1. The zero-order valence-electron chi connectivity index (χ0n) is 11.0. The molecule has 0 aliphatic rings. The molecule has 1 aromatic heterocycles. The summed E-state index contributed by atoms with van der Waals surface area (Å²) in [6.45, 7) is -0.389. The molecule has 0 radical (unpaired) electrons. The van der Waals surface area contributed by atoms with Crippen LogP contribution in [-0.4, -0.2) is 43.8 Å². The highest BCUT2D eigenvalue weighted by Gasteiger charge is 2.16. The second-order valence-corrected chi connectivity index (χ2v) is 4.84. The van der Waals surface area contributed by atoms with Crippen molar-refractivity contribution < 1.29 is 24.1 Å². The van der Waals surface area contributed by atoms with Crippen LogP contribution in [0.2, 0.25) is 0 Å². The zero-order valence-corrected chi connectivity index (χ0v) is 11.8. The smallest absolute Gasteiger partial charge is 0.313 e. The van der Waals surface area contributed by atoms with Crippen LogP contribution in [0.15, 0.2) is 23.4 Å². The number of carbonyl (C=O) groups is 1. The molecule has 0 atom stereocenters. The lowest BCUT2D eigenvalue weighted by molar-refractivity contribution is -0.133. The van der Waals surface area contributed by atoms with Crippen molar-refractivity contribution in [1.82, 2.24) is 14.8 Å². The van der Waals surface area contributed by atoms with E-state index in [0.717, 1.165) is 11.8 Å². The van der Waals surface area contributed by atoms with Crippen LogP contribution in [0.1, 0.15) is 5.82 Å². The van der Waals surface area contributed by atoms with Crippen LogP contribution in [0.5, 0.6) is 5.75 Å². The van der Waals surface area contributed by atoms with Gasteiger partial charge in [0.1, 0.15) is 6.61 Å². The van der Waals surface area contributed by atoms with E-state index in [1.54, 1.807) is 0 Å². The van der Waals surface area contributed by atoms with Crippen molar-refractivity contribution in [2.75, 3.05) is 12.9 Å². The van der Waals surface area contributed by atoms with Crippen LogP contribution in [-0.2, 0) is 11.4 Å². The number of nitrogens with zero attached hydrogens (tertiary/aromatic N) is 3. The van der Waals surface area contributed by atoms with Gasteiger partial charge in [-0.2, -0.15) is 0 Å². The van der Waals surface area contributed by atoms with Gasteiger partial charge in [-0.25, -0.2) is 4.39 Å². The number of thioether (sulfide) groups is 1. The van der Waals surface area contributed by atoms with E-state index in [9.17, 15) is 14.3 Å². The second-order valence-electron chi connectivity index (χ2n) is 3.89. The molecule has 2 N–H and O–H groups in total. The summed E-state index contributed by atoms with van der Waals surface area (Å²) in [5.74, 6) is -1.49. The van der Waals surface area contributed by atoms with Gasteiger partial charge in [-0.15, -0.1) is 10.2 Å². The Morgan fingerprint density at radius 3 is 2.86 bits per heavy atom. The molecule has 7 nitrogen and oxygen atoms in total. The number of hydrogen-bond acceptors (Lipinski definition) is 6. The van der Waals surface area contributed by atoms with Gasteiger partial charge < -0.3 is 14.9 Å². The first-order chi connectivity index (χ1) is 10.1. The highest BCUT2D eigenvalue weighted by Crippen LogP contribution is 2.26. The molecule has 0 spiro atoms. The van der Waals surface area contributed by atoms with Gasteiger partial charge in [-0.05, 0) is 12.1 Å². The lowest BCUT2D eigenvalue weighted by Crippen LogP contribution is -2.05. The van der Waals surface area contributed by atoms with Crippen molar-refractivity contribution >= 4 is 17.7 Å². The molecule has 1 aromatic carbocycles. The third-order valence-corrected chi connectivity index (χ3v) is 3.47. The zero-order chi connectivity index (χ0) is 15.4. The Bertz CT molecular complexity index is 662. The fourth-order valence-corrected chi connectivity index (χ4v) is 2.36. The molecule has 0 unspecified atom stereocenters. The topological polar surface area (TPSA) is 97.5 Å². The normalized spacial score (nSPS) is 10.6. The summed E-state index contributed by atoms with van der Waals surface area (Å²) in [4.78, 5) is 10.6. The molecule has 0 saturated carbocycles. The number of carboxylic acids is 1. The summed E-state index contributed by atoms with van der Waals surface area (Å²) in [5.41, 5.74) is 0.468. The molecule has 0 fully saturated rings. The molecule has 9 heteroatoms. The lowest BCUT2D eigenvalue weighted by atomic mass is 10.3. The summed E-state index contributed by atoms with van der Waals surface area (Å²) in [5, 5.41) is 25.9. The molecule has 0 saturated heterocycles. The lowest BCUT2D eigenvalue weighted by Gasteiger charge is -2.10. The molecule has 21 heavy (non-hydrogen) atoms. The summed E-state index contributed by atoms with van der Waals surface area (Å²) in [7, 11) is 1.33. The van der Waals surface area contributed by atoms with E-state index in [0.29, 0.717) is 5.69 Å². The van der Waals surface area contributed by atoms with Crippen LogP contribution >= 0.6 is 11.8 Å². The number of aliphatic hydroxyl groups excluding tert-OH is 1. The SMILES string of the molecule is COc1cc(-n2c(CO)nnc2SCC(=O)O)ccc1F. The van der Waals surface area contributed by atoms with Gasteiger partial charge in [-0.3, -0.25) is 9.36 Å². The fourth-order valence-electron chi connectivity index (χ4n) is 1.67. The minimum absolute atomic E-state index is 0.0271. The minimum Gasteiger partial charge on any atom is -0.494 e. The Morgan fingerprint density at radius 1 is 1.48 bits per heavy atom. The largest absolute Gasteiger partial charge is 0.494 e. The number of aromatic nitrogens is 3. The van der Waals surface area contributed by atoms with Crippen LogP contribution in [0.4, 0.5) is 4.39 Å². The molecule has 0 aliphatic heterocycles. The number of aliphatic carboxylic acids is 1. The monoisotopic (exact) mass is 313 g/mol. The van der Waals surface area contributed by atoms with Gasteiger partial charge in [0.15, 0.2) is 22.5 Å². The molecule has 112 valence electrons. The van der Waals surface area contributed by atoms with Crippen LogP contribution in [0.25, 0.3) is 5.69 Å². The van der Waals surface area contributed by atoms with E-state index in [1.807, 2.05) is 0 Å². The van der Waals surface area contributed by atoms with Gasteiger partial charge in [0.05, 0.1) is 18.6 Å². The van der Waals surface area contributed by atoms with Gasteiger partial charge in [0, 0.05) is 6.07 Å². The maximum absolute atomic E-state index is 13.5. The average molecular weight is 313 g/mol. The third-order valence-electron chi connectivity index (χ3n) is 2.56. The first-order valence-electron chi connectivity index (χ1n) is 5.80. The average Bonchev–Trinajstić information content (AvgIpc) is 2.88. The Morgan fingerprint density at radius 2 is 2.24 bits per heavy atom. The van der Waals surface area contributed by atoms with Crippen molar-refractivity contribution in [3.8, 4) is 11.4 Å². The van der Waals surface area contributed by atoms with Gasteiger partial charge in [0.25, 0.3) is 0 Å². The fraction of sp³-hybridized carbons (Fsp3) is 0.250. The molecule has 0 bridgehead atoms. The maximum Gasteiger partial charge on any atom is 0.313 e. The number of benzene rings is 1. The highest BCUT2D eigenvalue weighted by molar-refractivity contribution is 7.99. The van der Waals surface area contributed by atoms with Crippen LogP contribution < -0.4 is 4.74 Å². The van der Waals surface area contributed by atoms with E-state index >= 15 is 0 Å². The molecule has 0 aliphatic carbocycles. The van der Waals surface area contributed by atoms with Crippen molar-refractivity contribution in [2.24, 2.45) is 0 Å². The minimum atomic E-state index is -1.00. The quantitative estimate of drug-likeness (QED) is 0.770. The number of ether oxygens (including phenoxy) is 1. The Labute approximate surface area is 123 Å². The number of hydrogen-bond donors (Lipinski definition) is 2. The molecule has 0 amide bonds. The molecule has 1 heterocycles. The van der Waals surface area contributed by atoms with Crippen molar-refractivity contribution in [2.45, 2.75) is 11.8 Å². The summed E-state index contributed by atoms with van der Waals surface area (Å²) >= 11 is 0.948. The van der Waals surface area contributed by atoms with E-state index in [-0.39, 0.29) is 29.1 Å². The van der Waals surface area contributed by atoms with Gasteiger partial charge in [0.2, 0.25) is 0 Å². The third kappa shape index (κ3) is 3.31. The maximum atomic E-state index is 13.5. The molecular weight excluding hydrogens is 301 g/mol. The van der Waals surface area contributed by atoms with E-state index in [1.165, 1.54) is 29.9 Å². The summed E-state index contributed by atoms with van der Waals surface area (Å²) in [6.07, 6.45) is 0. The summed E-state index contributed by atoms with van der Waals surface area (Å²) < 4.78 is 19.8. The van der Waals surface area contributed by atoms with E-state index < -0.39 is 11.8 Å². The number of methoxy groups -OCH3 is 1. The first-order valence-corrected chi connectivity index (χ1v) is 6.79. The predicted molar refractivity (Wildman–Crippen MR) is 72.2 cm³/mol. The van der Waals surface area contributed by atoms with Crippen molar-refractivity contribution in [3.63, 3.8) is 0 Å². The van der Waals surface area contributed by atoms with Crippen molar-refractivity contribution in [3.05, 3.63) is 29.8 Å².